The summed E-state index contributed by atoms with van der Waals surface area (Å²) in [6.07, 6.45) is 0. The number of amides is 2. The van der Waals surface area contributed by atoms with Crippen molar-refractivity contribution in [3.05, 3.63) is 64.7 Å². The lowest BCUT2D eigenvalue weighted by Crippen LogP contribution is -2.46. The molecule has 2 unspecified atom stereocenters. The Kier molecular flexibility index (Phi) is 7.39. The summed E-state index contributed by atoms with van der Waals surface area (Å²) >= 11 is 6.02. The molecule has 144 valence electrons. The Morgan fingerprint density at radius 1 is 1.11 bits per heavy atom. The molecule has 0 aliphatic heterocycles. The first-order chi connectivity index (χ1) is 12.8. The van der Waals surface area contributed by atoms with Gasteiger partial charge in [-0.25, -0.2) is 0 Å². The van der Waals surface area contributed by atoms with Crippen molar-refractivity contribution in [2.24, 2.45) is 0 Å². The van der Waals surface area contributed by atoms with Gasteiger partial charge in [-0.15, -0.1) is 0 Å². The fraction of sp³-hybridized carbons (Fsp3) is 0.333. The zero-order chi connectivity index (χ0) is 20.0. The summed E-state index contributed by atoms with van der Waals surface area (Å²) < 4.78 is 0. The Morgan fingerprint density at radius 2 is 1.78 bits per heavy atom. The quantitative estimate of drug-likeness (QED) is 0.759. The van der Waals surface area contributed by atoms with Crippen LogP contribution in [-0.2, 0) is 9.59 Å². The Balaban J connectivity index is 1.87. The molecule has 0 fully saturated rings. The van der Waals surface area contributed by atoms with Gasteiger partial charge in [0, 0.05) is 23.8 Å². The molecule has 0 heterocycles. The van der Waals surface area contributed by atoms with Crippen LogP contribution in [0.4, 0.5) is 5.69 Å². The zero-order valence-corrected chi connectivity index (χ0v) is 16.9. The summed E-state index contributed by atoms with van der Waals surface area (Å²) in [7, 11) is 1.62. The molecule has 5 nitrogen and oxygen atoms in total. The minimum absolute atomic E-state index is 0.00965. The van der Waals surface area contributed by atoms with Crippen molar-refractivity contribution in [1.29, 1.82) is 0 Å². The van der Waals surface area contributed by atoms with Crippen molar-refractivity contribution in [3.8, 4) is 0 Å². The van der Waals surface area contributed by atoms with Gasteiger partial charge in [-0.3, -0.25) is 14.9 Å². The molecule has 0 aromatic heterocycles. The number of rotatable bonds is 7. The number of anilines is 1. The van der Waals surface area contributed by atoms with Gasteiger partial charge in [0.25, 0.3) is 0 Å². The highest BCUT2D eigenvalue weighted by atomic mass is 35.5. The summed E-state index contributed by atoms with van der Waals surface area (Å²) in [5, 5.41) is 6.71. The van der Waals surface area contributed by atoms with E-state index in [4.69, 9.17) is 11.6 Å². The molecule has 2 N–H and O–H groups in total. The van der Waals surface area contributed by atoms with E-state index in [2.05, 4.69) is 10.6 Å². The number of nitrogens with zero attached hydrogens (tertiary/aromatic N) is 1. The monoisotopic (exact) mass is 387 g/mol. The number of carbonyl (C=O) groups is 2. The van der Waals surface area contributed by atoms with Crippen molar-refractivity contribution in [2.75, 3.05) is 18.9 Å². The van der Waals surface area contributed by atoms with Gasteiger partial charge in [0.05, 0.1) is 12.6 Å². The molecule has 2 rings (SSSR count). The van der Waals surface area contributed by atoms with Crippen molar-refractivity contribution in [1.82, 2.24) is 10.2 Å². The highest BCUT2D eigenvalue weighted by molar-refractivity contribution is 6.30. The molecule has 0 aliphatic rings. The second-order valence-corrected chi connectivity index (χ2v) is 7.21. The molecule has 0 spiro atoms. The van der Waals surface area contributed by atoms with Crippen LogP contribution in [0.3, 0.4) is 0 Å². The molecular weight excluding hydrogens is 362 g/mol. The summed E-state index contributed by atoms with van der Waals surface area (Å²) in [4.78, 5) is 26.2. The maximum Gasteiger partial charge on any atom is 0.243 e. The molecule has 0 aliphatic carbocycles. The van der Waals surface area contributed by atoms with Gasteiger partial charge in [-0.05, 0) is 50.6 Å². The highest BCUT2D eigenvalue weighted by Crippen LogP contribution is 2.18. The predicted molar refractivity (Wildman–Crippen MR) is 110 cm³/mol. The van der Waals surface area contributed by atoms with E-state index in [1.54, 1.807) is 14.0 Å². The molecule has 0 bridgehead atoms. The lowest BCUT2D eigenvalue weighted by Gasteiger charge is -2.24. The van der Waals surface area contributed by atoms with Gasteiger partial charge in [0.2, 0.25) is 11.8 Å². The van der Waals surface area contributed by atoms with Gasteiger partial charge in [-0.2, -0.15) is 0 Å². The predicted octanol–water partition coefficient (Wildman–Crippen LogP) is 3.78. The fourth-order valence-electron chi connectivity index (χ4n) is 2.78. The molecule has 0 radical (unpaired) electrons. The first-order valence-corrected chi connectivity index (χ1v) is 9.27. The maximum absolute atomic E-state index is 12.6. The van der Waals surface area contributed by atoms with Gasteiger partial charge in [0.15, 0.2) is 0 Å². The fourth-order valence-corrected chi connectivity index (χ4v) is 2.98. The molecule has 6 heteroatoms. The number of nitrogens with one attached hydrogen (secondary N) is 2. The summed E-state index contributed by atoms with van der Waals surface area (Å²) in [6, 6.07) is 14.6. The first-order valence-electron chi connectivity index (χ1n) is 8.89. The van der Waals surface area contributed by atoms with Gasteiger partial charge in [0.1, 0.15) is 0 Å². The van der Waals surface area contributed by atoms with Crippen LogP contribution in [0, 0.1) is 6.92 Å². The minimum Gasteiger partial charge on any atom is -0.335 e. The minimum atomic E-state index is -0.434. The first kappa shape index (κ1) is 20.9. The molecule has 0 saturated carbocycles. The molecule has 2 amide bonds. The van der Waals surface area contributed by atoms with E-state index in [0.717, 1.165) is 11.1 Å². The number of likely N-dealkylation sites (N-methyl/N-ethyl adjacent to an activating group) is 1. The van der Waals surface area contributed by atoms with Crippen molar-refractivity contribution in [2.45, 2.75) is 32.9 Å². The second-order valence-electron chi connectivity index (χ2n) is 6.77. The van der Waals surface area contributed by atoms with Gasteiger partial charge < -0.3 is 10.2 Å². The number of benzene rings is 2. The van der Waals surface area contributed by atoms with E-state index in [1.165, 1.54) is 4.90 Å². The van der Waals surface area contributed by atoms with Crippen LogP contribution >= 0.6 is 11.6 Å². The zero-order valence-electron chi connectivity index (χ0n) is 16.1. The van der Waals surface area contributed by atoms with Gasteiger partial charge >= 0.3 is 0 Å². The van der Waals surface area contributed by atoms with Crippen LogP contribution in [0.1, 0.15) is 31.0 Å². The van der Waals surface area contributed by atoms with E-state index >= 15 is 0 Å². The topological polar surface area (TPSA) is 61.4 Å². The van der Waals surface area contributed by atoms with E-state index in [1.807, 2.05) is 62.4 Å². The van der Waals surface area contributed by atoms with Crippen LogP contribution in [-0.4, -0.2) is 36.3 Å². The van der Waals surface area contributed by atoms with Crippen molar-refractivity contribution < 1.29 is 9.59 Å². The number of carbonyl (C=O) groups excluding carboxylic acids is 2. The SMILES string of the molecule is Cc1ccc(NC(=O)CN(C)C(=O)C(C)NC(C)c2cccc(Cl)c2)cc1. The Labute approximate surface area is 165 Å². The van der Waals surface area contributed by atoms with Gasteiger partial charge in [-0.1, -0.05) is 41.4 Å². The normalized spacial score (nSPS) is 12.9. The molecule has 0 saturated heterocycles. The van der Waals surface area contributed by atoms with E-state index in [0.29, 0.717) is 10.7 Å². The Hall–Kier alpha value is -2.37. The van der Waals surface area contributed by atoms with Crippen LogP contribution in [0.15, 0.2) is 48.5 Å². The largest absolute Gasteiger partial charge is 0.335 e. The molecule has 2 aromatic rings. The van der Waals surface area contributed by atoms with Crippen molar-refractivity contribution >= 4 is 29.1 Å². The van der Waals surface area contributed by atoms with Crippen LogP contribution in [0.5, 0.6) is 0 Å². The van der Waals surface area contributed by atoms with E-state index in [9.17, 15) is 9.59 Å². The molecule has 27 heavy (non-hydrogen) atoms. The lowest BCUT2D eigenvalue weighted by molar-refractivity contribution is -0.135. The standard InChI is InChI=1S/C21H26ClN3O2/c1-14-8-10-19(11-9-14)24-20(26)13-25(4)21(27)16(3)23-15(2)17-6-5-7-18(22)12-17/h5-12,15-16,23H,13H2,1-4H3,(H,24,26). The number of hydrogen-bond acceptors (Lipinski definition) is 3. The summed E-state index contributed by atoms with van der Waals surface area (Å²) in [5.74, 6) is -0.382. The Bertz CT molecular complexity index is 792. The third-order valence-electron chi connectivity index (χ3n) is 4.31. The maximum atomic E-state index is 12.6. The van der Waals surface area contributed by atoms with Crippen molar-refractivity contribution in [3.63, 3.8) is 0 Å². The highest BCUT2D eigenvalue weighted by Gasteiger charge is 2.21. The van der Waals surface area contributed by atoms with E-state index in [-0.39, 0.29) is 24.4 Å². The second kappa shape index (κ2) is 9.53. The van der Waals surface area contributed by atoms with E-state index < -0.39 is 6.04 Å². The summed E-state index contributed by atoms with van der Waals surface area (Å²) in [6.45, 7) is 5.73. The smallest absolute Gasteiger partial charge is 0.243 e. The number of hydrogen-bond donors (Lipinski definition) is 2. The van der Waals surface area contributed by atoms with Crippen LogP contribution < -0.4 is 10.6 Å². The number of halogens is 1. The summed E-state index contributed by atoms with van der Waals surface area (Å²) in [5.41, 5.74) is 2.84. The molecular formula is C21H26ClN3O2. The average molecular weight is 388 g/mol. The lowest BCUT2D eigenvalue weighted by atomic mass is 10.1. The number of aryl methyl sites for hydroxylation is 1. The molecule has 2 atom stereocenters. The third-order valence-corrected chi connectivity index (χ3v) is 4.55. The third kappa shape index (κ3) is 6.38. The Morgan fingerprint density at radius 3 is 2.41 bits per heavy atom. The average Bonchev–Trinajstić information content (AvgIpc) is 2.62. The van der Waals surface area contributed by atoms with Crippen LogP contribution in [0.2, 0.25) is 5.02 Å². The van der Waals surface area contributed by atoms with Crippen LogP contribution in [0.25, 0.3) is 0 Å². The molecule has 2 aromatic carbocycles.